The number of amides is 1. The van der Waals surface area contributed by atoms with E-state index in [9.17, 15) is 19.8 Å². The topological polar surface area (TPSA) is 95.9 Å². The lowest BCUT2D eigenvalue weighted by Gasteiger charge is -2.22. The average molecular weight is 1000 g/mol. The molecule has 0 heterocycles. The summed E-state index contributed by atoms with van der Waals surface area (Å²) in [5.74, 6) is -0.0304. The molecule has 71 heavy (non-hydrogen) atoms. The van der Waals surface area contributed by atoms with Gasteiger partial charge in [0.1, 0.15) is 0 Å². The number of allylic oxidation sites excluding steroid dienone is 4. The minimum absolute atomic E-state index is 0.00648. The zero-order chi connectivity index (χ0) is 51.4. The average Bonchev–Trinajstić information content (AvgIpc) is 3.37. The summed E-state index contributed by atoms with van der Waals surface area (Å²) in [7, 11) is 0. The van der Waals surface area contributed by atoms with Gasteiger partial charge in [-0.25, -0.2) is 0 Å². The van der Waals surface area contributed by atoms with Crippen molar-refractivity contribution in [3.05, 3.63) is 24.3 Å². The van der Waals surface area contributed by atoms with E-state index in [4.69, 9.17) is 4.74 Å². The SMILES string of the molecule is CCCCCCCCC/C=C\CCCCCCCC(=O)OCCCCCCCCCCCCCC/C=C\CCCCCCCCCCCC(=O)NC(CO)C(O)CCCCCCCCCCCCCCC. The fourth-order valence-corrected chi connectivity index (χ4v) is 10.0. The largest absolute Gasteiger partial charge is 0.466 e. The lowest BCUT2D eigenvalue weighted by atomic mass is 10.0. The van der Waals surface area contributed by atoms with Crippen LogP contribution in [0.1, 0.15) is 354 Å². The summed E-state index contributed by atoms with van der Waals surface area (Å²) in [6.45, 7) is 4.96. The third-order valence-electron chi connectivity index (χ3n) is 15.0. The van der Waals surface area contributed by atoms with E-state index in [-0.39, 0.29) is 18.5 Å². The van der Waals surface area contributed by atoms with Gasteiger partial charge in [-0.1, -0.05) is 289 Å². The molecule has 2 unspecified atom stereocenters. The maximum atomic E-state index is 12.5. The normalized spacial score (nSPS) is 12.7. The summed E-state index contributed by atoms with van der Waals surface area (Å²) in [5.41, 5.74) is 0. The van der Waals surface area contributed by atoms with Crippen molar-refractivity contribution >= 4 is 11.9 Å². The van der Waals surface area contributed by atoms with Gasteiger partial charge in [0.15, 0.2) is 0 Å². The smallest absolute Gasteiger partial charge is 0.305 e. The Balaban J connectivity index is 3.38. The summed E-state index contributed by atoms with van der Waals surface area (Å²) in [6.07, 6.45) is 74.8. The van der Waals surface area contributed by atoms with Gasteiger partial charge in [-0.05, 0) is 77.0 Å². The molecule has 0 spiro atoms. The first-order valence-corrected chi connectivity index (χ1v) is 32.1. The van der Waals surface area contributed by atoms with E-state index in [0.29, 0.717) is 25.9 Å². The van der Waals surface area contributed by atoms with Crippen molar-refractivity contribution in [1.82, 2.24) is 5.32 Å². The van der Waals surface area contributed by atoms with Crippen LogP contribution in [0.25, 0.3) is 0 Å². The molecule has 0 aliphatic heterocycles. The highest BCUT2D eigenvalue weighted by Crippen LogP contribution is 2.18. The van der Waals surface area contributed by atoms with Crippen LogP contribution in [0.4, 0.5) is 0 Å². The molecule has 0 aromatic rings. The molecule has 0 aliphatic carbocycles. The number of unbranched alkanes of at least 4 members (excludes halogenated alkanes) is 45. The standard InChI is InChI=1S/C65H125NO5/c1-3-5-7-9-11-13-15-17-18-31-35-39-43-47-51-55-59-65(70)71-60-56-52-48-44-40-36-32-29-27-25-23-21-19-20-22-24-26-28-30-34-38-42-46-50-54-58-64(69)66-62(61-67)63(68)57-53-49-45-41-37-33-16-14-12-10-8-6-4-2/h18,20,22,31,62-63,67-68H,3-17,19,21,23-30,32-61H2,1-2H3,(H,66,69)/b22-20-,31-18-. The van der Waals surface area contributed by atoms with Crippen LogP contribution in [0.3, 0.4) is 0 Å². The Hall–Kier alpha value is -1.66. The first kappa shape index (κ1) is 69.3. The Kier molecular flexibility index (Phi) is 59.5. The number of carbonyl (C=O) groups excluding carboxylic acids is 2. The van der Waals surface area contributed by atoms with Crippen LogP contribution >= 0.6 is 0 Å². The highest BCUT2D eigenvalue weighted by molar-refractivity contribution is 5.76. The van der Waals surface area contributed by atoms with E-state index in [1.54, 1.807) is 0 Å². The zero-order valence-corrected chi connectivity index (χ0v) is 48.0. The van der Waals surface area contributed by atoms with Gasteiger partial charge in [0.2, 0.25) is 5.91 Å². The zero-order valence-electron chi connectivity index (χ0n) is 48.0. The van der Waals surface area contributed by atoms with Crippen LogP contribution in [0, 0.1) is 0 Å². The van der Waals surface area contributed by atoms with Crippen LogP contribution in [-0.2, 0) is 14.3 Å². The number of aliphatic hydroxyl groups excluding tert-OH is 2. The van der Waals surface area contributed by atoms with E-state index < -0.39 is 12.1 Å². The summed E-state index contributed by atoms with van der Waals surface area (Å²) in [5, 5.41) is 23.3. The summed E-state index contributed by atoms with van der Waals surface area (Å²) in [6, 6.07) is -0.543. The van der Waals surface area contributed by atoms with Crippen molar-refractivity contribution in [1.29, 1.82) is 0 Å². The first-order valence-electron chi connectivity index (χ1n) is 32.1. The third-order valence-corrected chi connectivity index (χ3v) is 15.0. The molecule has 0 fully saturated rings. The number of ether oxygens (including phenoxy) is 1. The molecule has 0 rings (SSSR count). The molecule has 0 bridgehead atoms. The van der Waals surface area contributed by atoms with Crippen molar-refractivity contribution in [2.75, 3.05) is 13.2 Å². The quantitative estimate of drug-likeness (QED) is 0.0320. The molecule has 420 valence electrons. The number of hydrogen-bond donors (Lipinski definition) is 3. The molecule has 2 atom stereocenters. The Labute approximate surface area is 443 Å². The molecule has 0 saturated heterocycles. The highest BCUT2D eigenvalue weighted by atomic mass is 16.5. The van der Waals surface area contributed by atoms with E-state index in [2.05, 4.69) is 43.5 Å². The van der Waals surface area contributed by atoms with E-state index in [1.165, 1.54) is 276 Å². The van der Waals surface area contributed by atoms with Crippen LogP contribution in [-0.4, -0.2) is 47.4 Å². The Morgan fingerprint density at radius 1 is 0.380 bits per heavy atom. The second-order valence-electron chi connectivity index (χ2n) is 22.1. The highest BCUT2D eigenvalue weighted by Gasteiger charge is 2.20. The fraction of sp³-hybridized carbons (Fsp3) is 0.908. The van der Waals surface area contributed by atoms with Gasteiger partial charge < -0.3 is 20.3 Å². The third kappa shape index (κ3) is 57.5. The van der Waals surface area contributed by atoms with Crippen LogP contribution in [0.5, 0.6) is 0 Å². The monoisotopic (exact) mass is 1000 g/mol. The van der Waals surface area contributed by atoms with Gasteiger partial charge in [0, 0.05) is 12.8 Å². The molecular formula is C65H125NO5. The van der Waals surface area contributed by atoms with Crippen molar-refractivity contribution in [3.63, 3.8) is 0 Å². The minimum Gasteiger partial charge on any atom is -0.466 e. The minimum atomic E-state index is -0.665. The number of hydrogen-bond acceptors (Lipinski definition) is 5. The first-order chi connectivity index (χ1) is 35.0. The van der Waals surface area contributed by atoms with Gasteiger partial charge in [-0.2, -0.15) is 0 Å². The number of carbonyl (C=O) groups is 2. The maximum Gasteiger partial charge on any atom is 0.305 e. The summed E-state index contributed by atoms with van der Waals surface area (Å²) >= 11 is 0. The fourth-order valence-electron chi connectivity index (χ4n) is 10.0. The van der Waals surface area contributed by atoms with Crippen molar-refractivity contribution in [2.24, 2.45) is 0 Å². The van der Waals surface area contributed by atoms with Crippen LogP contribution in [0.15, 0.2) is 24.3 Å². The second-order valence-corrected chi connectivity index (χ2v) is 22.1. The maximum absolute atomic E-state index is 12.5. The molecule has 0 saturated carbocycles. The molecule has 0 radical (unpaired) electrons. The Bertz CT molecular complexity index is 1110. The van der Waals surface area contributed by atoms with Gasteiger partial charge in [-0.3, -0.25) is 9.59 Å². The summed E-state index contributed by atoms with van der Waals surface area (Å²) < 4.78 is 5.49. The molecular weight excluding hydrogens is 875 g/mol. The Morgan fingerprint density at radius 3 is 1.00 bits per heavy atom. The predicted octanol–water partition coefficient (Wildman–Crippen LogP) is 20.2. The molecule has 6 nitrogen and oxygen atoms in total. The van der Waals surface area contributed by atoms with E-state index >= 15 is 0 Å². The van der Waals surface area contributed by atoms with Gasteiger partial charge >= 0.3 is 5.97 Å². The van der Waals surface area contributed by atoms with Crippen molar-refractivity contribution in [2.45, 2.75) is 366 Å². The molecule has 0 aliphatic rings. The van der Waals surface area contributed by atoms with Crippen molar-refractivity contribution < 1.29 is 24.5 Å². The number of nitrogens with one attached hydrogen (secondary N) is 1. The molecule has 1 amide bonds. The summed E-state index contributed by atoms with van der Waals surface area (Å²) in [4.78, 5) is 24.5. The van der Waals surface area contributed by atoms with Crippen molar-refractivity contribution in [3.8, 4) is 0 Å². The van der Waals surface area contributed by atoms with Crippen LogP contribution < -0.4 is 5.32 Å². The number of aliphatic hydroxyl groups is 2. The molecule has 3 N–H and O–H groups in total. The van der Waals surface area contributed by atoms with E-state index in [1.807, 2.05) is 0 Å². The number of rotatable bonds is 60. The van der Waals surface area contributed by atoms with Gasteiger partial charge in [0.25, 0.3) is 0 Å². The molecule has 6 heteroatoms. The Morgan fingerprint density at radius 2 is 0.662 bits per heavy atom. The predicted molar refractivity (Wildman–Crippen MR) is 310 cm³/mol. The lowest BCUT2D eigenvalue weighted by Crippen LogP contribution is -2.45. The second kappa shape index (κ2) is 60.9. The van der Waals surface area contributed by atoms with Gasteiger partial charge in [-0.15, -0.1) is 0 Å². The lowest BCUT2D eigenvalue weighted by molar-refractivity contribution is -0.143. The molecule has 0 aromatic carbocycles. The van der Waals surface area contributed by atoms with Crippen LogP contribution in [0.2, 0.25) is 0 Å². The number of esters is 1. The molecule has 0 aromatic heterocycles. The van der Waals surface area contributed by atoms with E-state index in [0.717, 1.165) is 44.9 Å². The van der Waals surface area contributed by atoms with Gasteiger partial charge in [0.05, 0.1) is 25.4 Å².